The first-order chi connectivity index (χ1) is 11.4. The molecule has 2 atom stereocenters. The zero-order valence-electron chi connectivity index (χ0n) is 14.4. The number of rotatable bonds is 6. The van der Waals surface area contributed by atoms with Gasteiger partial charge in [0, 0.05) is 30.7 Å². The Morgan fingerprint density at radius 3 is 2.92 bits per heavy atom. The Labute approximate surface area is 141 Å². The van der Waals surface area contributed by atoms with Crippen LogP contribution in [-0.2, 0) is 12.6 Å². The number of methoxy groups -OCH3 is 1. The zero-order valence-corrected chi connectivity index (χ0v) is 14.4. The van der Waals surface area contributed by atoms with Crippen molar-refractivity contribution in [2.45, 2.75) is 25.5 Å². The first-order valence-corrected chi connectivity index (χ1v) is 7.92. The predicted molar refractivity (Wildman–Crippen MR) is 92.0 cm³/mol. The minimum atomic E-state index is -1.01. The Morgan fingerprint density at radius 1 is 1.46 bits per heavy atom. The monoisotopic (exact) mass is 329 g/mol. The molecule has 6 heteroatoms. The van der Waals surface area contributed by atoms with Crippen molar-refractivity contribution in [1.82, 2.24) is 15.1 Å². The quantitative estimate of drug-likeness (QED) is 0.727. The normalized spacial score (nSPS) is 15.4. The molecule has 24 heavy (non-hydrogen) atoms. The summed E-state index contributed by atoms with van der Waals surface area (Å²) in [4.78, 5) is 0. The van der Waals surface area contributed by atoms with Crippen molar-refractivity contribution in [2.24, 2.45) is 7.05 Å². The average Bonchev–Trinajstić information content (AvgIpc) is 3.18. The second-order valence-corrected chi connectivity index (χ2v) is 6.31. The van der Waals surface area contributed by atoms with E-state index in [1.165, 1.54) is 0 Å². The number of nitrogens with zero attached hydrogens (tertiary/aromatic N) is 2. The third-order valence-corrected chi connectivity index (χ3v) is 4.25. The van der Waals surface area contributed by atoms with Crippen LogP contribution >= 0.6 is 0 Å². The van der Waals surface area contributed by atoms with E-state index in [4.69, 9.17) is 9.15 Å². The fourth-order valence-corrected chi connectivity index (χ4v) is 2.68. The molecule has 0 saturated heterocycles. The summed E-state index contributed by atoms with van der Waals surface area (Å²) in [6.07, 6.45) is 3.50. The molecule has 0 amide bonds. The highest BCUT2D eigenvalue weighted by Crippen LogP contribution is 2.31. The van der Waals surface area contributed by atoms with Gasteiger partial charge in [0.2, 0.25) is 0 Å². The molecule has 0 aliphatic carbocycles. The molecule has 0 saturated carbocycles. The highest BCUT2D eigenvalue weighted by Gasteiger charge is 2.26. The van der Waals surface area contributed by atoms with Gasteiger partial charge in [0.15, 0.2) is 11.3 Å². The molecule has 0 aliphatic heterocycles. The number of aliphatic hydroxyl groups is 1. The highest BCUT2D eigenvalue weighted by atomic mass is 16.5. The maximum Gasteiger partial charge on any atom is 0.176 e. The third-order valence-electron chi connectivity index (χ3n) is 4.25. The van der Waals surface area contributed by atoms with E-state index in [2.05, 4.69) is 10.4 Å². The topological polar surface area (TPSA) is 72.4 Å². The average molecular weight is 329 g/mol. The molecule has 0 bridgehead atoms. The summed E-state index contributed by atoms with van der Waals surface area (Å²) < 4.78 is 13.0. The molecule has 2 unspecified atom stereocenters. The van der Waals surface area contributed by atoms with Gasteiger partial charge in [-0.15, -0.1) is 0 Å². The smallest absolute Gasteiger partial charge is 0.176 e. The number of benzene rings is 1. The van der Waals surface area contributed by atoms with Crippen LogP contribution in [0.25, 0.3) is 11.0 Å². The number of fused-ring (bicyclic) bond motifs is 1. The van der Waals surface area contributed by atoms with Crippen LogP contribution in [0, 0.1) is 0 Å². The summed E-state index contributed by atoms with van der Waals surface area (Å²) in [6, 6.07) is 7.75. The van der Waals surface area contributed by atoms with Crippen molar-refractivity contribution in [3.8, 4) is 5.75 Å². The van der Waals surface area contributed by atoms with Crippen LogP contribution < -0.4 is 10.1 Å². The van der Waals surface area contributed by atoms with Crippen molar-refractivity contribution >= 4 is 11.0 Å². The molecule has 6 nitrogen and oxygen atoms in total. The second kappa shape index (κ2) is 6.30. The lowest BCUT2D eigenvalue weighted by atomic mass is 9.99. The summed E-state index contributed by atoms with van der Waals surface area (Å²) in [5.41, 5.74) is 0.505. The summed E-state index contributed by atoms with van der Waals surface area (Å²) in [6.45, 7) is 4.16. The van der Waals surface area contributed by atoms with Gasteiger partial charge >= 0.3 is 0 Å². The van der Waals surface area contributed by atoms with E-state index in [1.54, 1.807) is 24.9 Å². The van der Waals surface area contributed by atoms with Gasteiger partial charge in [-0.3, -0.25) is 4.68 Å². The molecule has 0 radical (unpaired) electrons. The van der Waals surface area contributed by atoms with Gasteiger partial charge in [-0.05, 0) is 26.0 Å². The van der Waals surface area contributed by atoms with Gasteiger partial charge in [0.05, 0.1) is 19.3 Å². The largest absolute Gasteiger partial charge is 0.493 e. The van der Waals surface area contributed by atoms with Crippen LogP contribution in [0.15, 0.2) is 41.1 Å². The standard InChI is InChI=1S/C18H23N3O3/c1-12(19-11-18(2,22)14-9-20-21(3)10-14)16-8-13-6-5-7-15(23-4)17(13)24-16/h5-10,12,19,22H,11H2,1-4H3. The minimum Gasteiger partial charge on any atom is -0.493 e. The fraction of sp³-hybridized carbons (Fsp3) is 0.389. The molecule has 2 aromatic heterocycles. The third kappa shape index (κ3) is 3.16. The minimum absolute atomic E-state index is 0.0507. The van der Waals surface area contributed by atoms with Crippen LogP contribution in [0.2, 0.25) is 0 Å². The van der Waals surface area contributed by atoms with Crippen LogP contribution in [0.1, 0.15) is 31.2 Å². The van der Waals surface area contributed by atoms with Crippen LogP contribution in [0.3, 0.4) is 0 Å². The number of ether oxygens (including phenoxy) is 1. The second-order valence-electron chi connectivity index (χ2n) is 6.31. The first kappa shape index (κ1) is 16.5. The number of para-hydroxylation sites is 1. The van der Waals surface area contributed by atoms with Gasteiger partial charge < -0.3 is 19.6 Å². The predicted octanol–water partition coefficient (Wildman–Crippen LogP) is 2.73. The lowest BCUT2D eigenvalue weighted by molar-refractivity contribution is 0.0536. The Balaban J connectivity index is 1.74. The van der Waals surface area contributed by atoms with E-state index in [9.17, 15) is 5.11 Å². The first-order valence-electron chi connectivity index (χ1n) is 7.92. The van der Waals surface area contributed by atoms with Crippen molar-refractivity contribution in [1.29, 1.82) is 0 Å². The Hall–Kier alpha value is -2.31. The number of aromatic nitrogens is 2. The SMILES string of the molecule is COc1cccc2cc(C(C)NCC(C)(O)c3cnn(C)c3)oc12. The Kier molecular flexibility index (Phi) is 4.34. The van der Waals surface area contributed by atoms with E-state index in [0.29, 0.717) is 12.3 Å². The molecular weight excluding hydrogens is 306 g/mol. The molecule has 3 aromatic rings. The molecule has 0 fully saturated rings. The molecule has 2 N–H and O–H groups in total. The number of hydrogen-bond donors (Lipinski definition) is 2. The summed E-state index contributed by atoms with van der Waals surface area (Å²) in [7, 11) is 3.46. The number of hydrogen-bond acceptors (Lipinski definition) is 5. The maximum atomic E-state index is 10.7. The molecule has 128 valence electrons. The maximum absolute atomic E-state index is 10.7. The van der Waals surface area contributed by atoms with Gasteiger partial charge in [-0.2, -0.15) is 5.10 Å². The molecule has 1 aromatic carbocycles. The molecule has 2 heterocycles. The van der Waals surface area contributed by atoms with Crippen molar-refractivity contribution < 1.29 is 14.3 Å². The summed E-state index contributed by atoms with van der Waals surface area (Å²) in [5.74, 6) is 1.52. The van der Waals surface area contributed by atoms with Crippen molar-refractivity contribution in [3.05, 3.63) is 48.0 Å². The number of aryl methyl sites for hydroxylation is 1. The van der Waals surface area contributed by atoms with Crippen LogP contribution in [-0.4, -0.2) is 28.5 Å². The number of furan rings is 1. The molecular formula is C18H23N3O3. The van der Waals surface area contributed by atoms with Gasteiger partial charge in [0.25, 0.3) is 0 Å². The summed E-state index contributed by atoms with van der Waals surface area (Å²) in [5, 5.41) is 19.1. The Bertz CT molecular complexity index is 835. The fourth-order valence-electron chi connectivity index (χ4n) is 2.68. The van der Waals surface area contributed by atoms with Gasteiger partial charge in [-0.25, -0.2) is 0 Å². The molecule has 0 aliphatic rings. The molecule has 3 rings (SSSR count). The Morgan fingerprint density at radius 2 is 2.25 bits per heavy atom. The van der Waals surface area contributed by atoms with Gasteiger partial charge in [-0.1, -0.05) is 12.1 Å². The van der Waals surface area contributed by atoms with Gasteiger partial charge in [0.1, 0.15) is 11.4 Å². The highest BCUT2D eigenvalue weighted by molar-refractivity contribution is 5.83. The van der Waals surface area contributed by atoms with Crippen LogP contribution in [0.5, 0.6) is 5.75 Å². The summed E-state index contributed by atoms with van der Waals surface area (Å²) >= 11 is 0. The van der Waals surface area contributed by atoms with E-state index in [0.717, 1.165) is 22.3 Å². The van der Waals surface area contributed by atoms with Crippen LogP contribution in [0.4, 0.5) is 0 Å². The lowest BCUT2D eigenvalue weighted by Gasteiger charge is -2.24. The lowest BCUT2D eigenvalue weighted by Crippen LogP contribution is -2.36. The van der Waals surface area contributed by atoms with E-state index in [1.807, 2.05) is 44.4 Å². The zero-order chi connectivity index (χ0) is 17.3. The van der Waals surface area contributed by atoms with Crippen molar-refractivity contribution in [2.75, 3.05) is 13.7 Å². The number of nitrogens with one attached hydrogen (secondary N) is 1. The van der Waals surface area contributed by atoms with E-state index >= 15 is 0 Å². The molecule has 0 spiro atoms. The van der Waals surface area contributed by atoms with E-state index < -0.39 is 5.60 Å². The van der Waals surface area contributed by atoms with E-state index in [-0.39, 0.29) is 6.04 Å². The van der Waals surface area contributed by atoms with Crippen molar-refractivity contribution in [3.63, 3.8) is 0 Å².